The number of nitrogens with one attached hydrogen (secondary N) is 2. The van der Waals surface area contributed by atoms with Gasteiger partial charge in [-0.1, -0.05) is 6.92 Å². The van der Waals surface area contributed by atoms with Crippen molar-refractivity contribution >= 4 is 17.0 Å². The summed E-state index contributed by atoms with van der Waals surface area (Å²) in [6, 6.07) is 4.34. The minimum atomic E-state index is 0.245. The Morgan fingerprint density at radius 2 is 2.03 bits per heavy atom. The maximum absolute atomic E-state index is 4.88. The molecule has 0 aromatic carbocycles. The first-order valence-corrected chi connectivity index (χ1v) is 10.1. The third-order valence-electron chi connectivity index (χ3n) is 5.16. The molecule has 150 valence electrons. The van der Waals surface area contributed by atoms with Crippen LogP contribution in [0.4, 0.5) is 5.95 Å². The van der Waals surface area contributed by atoms with Crippen LogP contribution in [0.1, 0.15) is 44.5 Å². The highest BCUT2D eigenvalue weighted by molar-refractivity contribution is 5.88. The van der Waals surface area contributed by atoms with Crippen molar-refractivity contribution in [2.75, 3.05) is 11.9 Å². The lowest BCUT2D eigenvalue weighted by Crippen LogP contribution is -2.04. The van der Waals surface area contributed by atoms with E-state index in [1.54, 1.807) is 6.20 Å². The molecule has 0 spiro atoms. The van der Waals surface area contributed by atoms with Crippen molar-refractivity contribution in [2.45, 2.75) is 47.1 Å². The van der Waals surface area contributed by atoms with E-state index >= 15 is 0 Å². The second kappa shape index (κ2) is 7.66. The van der Waals surface area contributed by atoms with Gasteiger partial charge in [0.1, 0.15) is 11.3 Å². The van der Waals surface area contributed by atoms with E-state index in [2.05, 4.69) is 67.2 Å². The summed E-state index contributed by atoms with van der Waals surface area (Å²) in [6.45, 7) is 11.4. The van der Waals surface area contributed by atoms with Gasteiger partial charge in [-0.05, 0) is 51.8 Å². The predicted molar refractivity (Wildman–Crippen MR) is 117 cm³/mol. The molecule has 7 nitrogen and oxygen atoms in total. The molecule has 0 unspecified atom stereocenters. The van der Waals surface area contributed by atoms with E-state index in [9.17, 15) is 0 Å². The highest BCUT2D eigenvalue weighted by atomic mass is 15.3. The number of rotatable bonds is 6. The molecular weight excluding hydrogens is 362 g/mol. The molecule has 4 rings (SSSR count). The average molecular weight is 390 g/mol. The zero-order chi connectivity index (χ0) is 20.5. The number of aromatic nitrogens is 6. The van der Waals surface area contributed by atoms with Crippen molar-refractivity contribution in [3.05, 3.63) is 42.0 Å². The molecule has 0 radical (unpaired) electrons. The molecule has 2 N–H and O–H groups in total. The first kappa shape index (κ1) is 19.1. The van der Waals surface area contributed by atoms with Gasteiger partial charge in [0.2, 0.25) is 5.95 Å². The second-order valence-electron chi connectivity index (χ2n) is 7.65. The van der Waals surface area contributed by atoms with Gasteiger partial charge >= 0.3 is 0 Å². The molecule has 0 aliphatic rings. The minimum Gasteiger partial charge on any atom is -0.354 e. The van der Waals surface area contributed by atoms with Crippen molar-refractivity contribution in [3.8, 4) is 22.5 Å². The van der Waals surface area contributed by atoms with E-state index < -0.39 is 0 Å². The van der Waals surface area contributed by atoms with Gasteiger partial charge in [-0.15, -0.1) is 0 Å². The molecule has 0 fully saturated rings. The van der Waals surface area contributed by atoms with Crippen LogP contribution >= 0.6 is 0 Å². The lowest BCUT2D eigenvalue weighted by molar-refractivity contribution is 0.534. The number of hydrogen-bond donors (Lipinski definition) is 2. The summed E-state index contributed by atoms with van der Waals surface area (Å²) < 4.78 is 1.98. The Bertz CT molecular complexity index is 1150. The SMILES string of the molecule is CCCNc1nccc(-c2cn(C(C)C)nc2-c2cnc3[nH]c(C)c(C)c3c2)n1. The van der Waals surface area contributed by atoms with Crippen molar-refractivity contribution < 1.29 is 0 Å². The van der Waals surface area contributed by atoms with Crippen molar-refractivity contribution in [1.29, 1.82) is 0 Å². The highest BCUT2D eigenvalue weighted by Gasteiger charge is 2.18. The number of aryl methyl sites for hydroxylation is 2. The average Bonchev–Trinajstić information content (AvgIpc) is 3.29. The second-order valence-corrected chi connectivity index (χ2v) is 7.65. The summed E-state index contributed by atoms with van der Waals surface area (Å²) in [5.41, 5.74) is 6.95. The summed E-state index contributed by atoms with van der Waals surface area (Å²) in [5, 5.41) is 9.26. The molecule has 0 saturated carbocycles. The molecule has 0 amide bonds. The molecule has 0 bridgehead atoms. The van der Waals surface area contributed by atoms with E-state index in [1.807, 2.05) is 16.9 Å². The van der Waals surface area contributed by atoms with Crippen LogP contribution in [0.5, 0.6) is 0 Å². The summed E-state index contributed by atoms with van der Waals surface area (Å²) in [7, 11) is 0. The predicted octanol–water partition coefficient (Wildman–Crippen LogP) is 4.90. The van der Waals surface area contributed by atoms with E-state index in [-0.39, 0.29) is 6.04 Å². The van der Waals surface area contributed by atoms with Crippen LogP contribution < -0.4 is 5.32 Å². The Labute approximate surface area is 170 Å². The topological polar surface area (TPSA) is 84.3 Å². The normalized spacial score (nSPS) is 11.5. The Hall–Kier alpha value is -3.22. The third kappa shape index (κ3) is 3.60. The molecular formula is C22H27N7. The Balaban J connectivity index is 1.85. The maximum atomic E-state index is 4.88. The van der Waals surface area contributed by atoms with E-state index in [4.69, 9.17) is 10.1 Å². The van der Waals surface area contributed by atoms with Crippen LogP contribution in [-0.2, 0) is 0 Å². The largest absolute Gasteiger partial charge is 0.354 e. The molecule has 4 heterocycles. The van der Waals surface area contributed by atoms with Crippen LogP contribution in [0.3, 0.4) is 0 Å². The fourth-order valence-electron chi connectivity index (χ4n) is 3.34. The van der Waals surface area contributed by atoms with Gasteiger partial charge in [0, 0.05) is 53.4 Å². The molecule has 7 heteroatoms. The summed E-state index contributed by atoms with van der Waals surface area (Å²) in [4.78, 5) is 17.0. The number of nitrogens with zero attached hydrogens (tertiary/aromatic N) is 5. The quantitative estimate of drug-likeness (QED) is 0.490. The zero-order valence-electron chi connectivity index (χ0n) is 17.6. The van der Waals surface area contributed by atoms with E-state index in [1.165, 1.54) is 5.56 Å². The zero-order valence-corrected chi connectivity index (χ0v) is 17.6. The molecule has 0 aliphatic heterocycles. The first-order chi connectivity index (χ1) is 14.0. The smallest absolute Gasteiger partial charge is 0.223 e. The Kier molecular flexibility index (Phi) is 5.05. The van der Waals surface area contributed by atoms with Crippen LogP contribution in [0.25, 0.3) is 33.5 Å². The van der Waals surface area contributed by atoms with E-state index in [0.717, 1.165) is 52.2 Å². The molecule has 4 aromatic heterocycles. The van der Waals surface area contributed by atoms with Crippen molar-refractivity contribution in [1.82, 2.24) is 29.7 Å². The van der Waals surface area contributed by atoms with Crippen molar-refractivity contribution in [3.63, 3.8) is 0 Å². The maximum Gasteiger partial charge on any atom is 0.223 e. The van der Waals surface area contributed by atoms with Crippen LogP contribution in [-0.4, -0.2) is 36.3 Å². The molecule has 4 aromatic rings. The highest BCUT2D eigenvalue weighted by Crippen LogP contribution is 2.33. The van der Waals surface area contributed by atoms with Gasteiger partial charge in [0.25, 0.3) is 0 Å². The summed E-state index contributed by atoms with van der Waals surface area (Å²) in [5.74, 6) is 0.637. The van der Waals surface area contributed by atoms with Crippen LogP contribution in [0.15, 0.2) is 30.7 Å². The van der Waals surface area contributed by atoms with Gasteiger partial charge in [-0.25, -0.2) is 15.0 Å². The minimum absolute atomic E-state index is 0.245. The fraction of sp³-hybridized carbons (Fsp3) is 0.364. The number of aromatic amines is 1. The summed E-state index contributed by atoms with van der Waals surface area (Å²) in [6.07, 6.45) is 6.75. The van der Waals surface area contributed by atoms with Gasteiger partial charge < -0.3 is 10.3 Å². The number of fused-ring (bicyclic) bond motifs is 1. The Morgan fingerprint density at radius 3 is 2.79 bits per heavy atom. The number of anilines is 1. The molecule has 29 heavy (non-hydrogen) atoms. The third-order valence-corrected chi connectivity index (χ3v) is 5.16. The fourth-order valence-corrected chi connectivity index (χ4v) is 3.34. The van der Waals surface area contributed by atoms with Gasteiger partial charge in [-0.3, -0.25) is 4.68 Å². The first-order valence-electron chi connectivity index (χ1n) is 10.1. The molecule has 0 aliphatic carbocycles. The van der Waals surface area contributed by atoms with Crippen LogP contribution in [0, 0.1) is 13.8 Å². The number of hydrogen-bond acceptors (Lipinski definition) is 5. The monoisotopic (exact) mass is 389 g/mol. The number of H-pyrrole nitrogens is 1. The molecule has 0 atom stereocenters. The van der Waals surface area contributed by atoms with Gasteiger partial charge in [0.15, 0.2) is 0 Å². The van der Waals surface area contributed by atoms with Gasteiger partial charge in [-0.2, -0.15) is 5.10 Å². The standard InChI is InChI=1S/C22H27N7/c1-6-8-23-22-24-9-7-19(27-22)18-12-29(13(2)3)28-20(18)16-10-17-14(4)15(5)26-21(17)25-11-16/h7,9-13H,6,8H2,1-5H3,(H,25,26)(H,23,24,27). The molecule has 0 saturated heterocycles. The van der Waals surface area contributed by atoms with Crippen LogP contribution in [0.2, 0.25) is 0 Å². The number of pyridine rings is 1. The lowest BCUT2D eigenvalue weighted by Gasteiger charge is -2.06. The van der Waals surface area contributed by atoms with Gasteiger partial charge in [0.05, 0.1) is 5.69 Å². The van der Waals surface area contributed by atoms with Crippen molar-refractivity contribution in [2.24, 2.45) is 0 Å². The Morgan fingerprint density at radius 1 is 1.21 bits per heavy atom. The summed E-state index contributed by atoms with van der Waals surface area (Å²) >= 11 is 0. The lowest BCUT2D eigenvalue weighted by atomic mass is 10.1. The van der Waals surface area contributed by atoms with E-state index in [0.29, 0.717) is 5.95 Å².